The second kappa shape index (κ2) is 7.45. The largest absolute Gasteiger partial charge is 0.351 e. The quantitative estimate of drug-likeness (QED) is 0.717. The molecular weight excluding hydrogens is 274 g/mol. The molecular formula is C18H25N3O. The number of H-pyrrole nitrogens is 1. The van der Waals surface area contributed by atoms with Gasteiger partial charge in [0.1, 0.15) is 5.69 Å². The third kappa shape index (κ3) is 3.89. The molecule has 0 saturated heterocycles. The minimum Gasteiger partial charge on any atom is -0.351 e. The zero-order valence-electron chi connectivity index (χ0n) is 13.0. The lowest BCUT2D eigenvalue weighted by molar-refractivity contribution is 0.0949. The smallest absolute Gasteiger partial charge is 0.267 e. The van der Waals surface area contributed by atoms with E-state index in [4.69, 9.17) is 0 Å². The van der Waals surface area contributed by atoms with Gasteiger partial charge >= 0.3 is 0 Å². The Hall–Kier alpha value is -1.81. The predicted octanol–water partition coefficient (Wildman–Crippen LogP) is 3.21. The highest BCUT2D eigenvalue weighted by atomic mass is 16.1. The highest BCUT2D eigenvalue weighted by molar-refractivity contribution is 5.97. The van der Waals surface area contributed by atoms with Crippen LogP contribution in [0.3, 0.4) is 0 Å². The van der Waals surface area contributed by atoms with Crippen molar-refractivity contribution in [2.45, 2.75) is 44.6 Å². The molecule has 1 aliphatic carbocycles. The van der Waals surface area contributed by atoms with Crippen LogP contribution in [0, 0.1) is 0 Å². The Kier molecular flexibility index (Phi) is 5.11. The molecule has 1 amide bonds. The van der Waals surface area contributed by atoms with E-state index < -0.39 is 0 Å². The van der Waals surface area contributed by atoms with Crippen molar-refractivity contribution in [3.8, 4) is 0 Å². The van der Waals surface area contributed by atoms with Gasteiger partial charge in [0.15, 0.2) is 0 Å². The molecule has 1 aliphatic rings. The Morgan fingerprint density at radius 3 is 2.77 bits per heavy atom. The van der Waals surface area contributed by atoms with Crippen LogP contribution in [-0.2, 0) is 0 Å². The van der Waals surface area contributed by atoms with Gasteiger partial charge in [-0.3, -0.25) is 4.79 Å². The van der Waals surface area contributed by atoms with Crippen molar-refractivity contribution in [1.82, 2.24) is 15.6 Å². The highest BCUT2D eigenvalue weighted by Crippen LogP contribution is 2.17. The molecule has 3 N–H and O–H groups in total. The van der Waals surface area contributed by atoms with Gasteiger partial charge in [-0.1, -0.05) is 37.5 Å². The molecule has 0 aliphatic heterocycles. The van der Waals surface area contributed by atoms with Crippen molar-refractivity contribution in [1.29, 1.82) is 0 Å². The summed E-state index contributed by atoms with van der Waals surface area (Å²) in [6, 6.07) is 10.5. The van der Waals surface area contributed by atoms with E-state index in [9.17, 15) is 4.79 Å². The van der Waals surface area contributed by atoms with Crippen LogP contribution in [0.5, 0.6) is 0 Å². The molecule has 1 heterocycles. The van der Waals surface area contributed by atoms with Crippen LogP contribution in [0.2, 0.25) is 0 Å². The number of nitrogens with one attached hydrogen (secondary N) is 3. The first kappa shape index (κ1) is 15.1. The van der Waals surface area contributed by atoms with E-state index in [1.54, 1.807) is 0 Å². The molecule has 2 aromatic rings. The normalized spacial score (nSPS) is 16.0. The number of carbonyl (C=O) groups is 1. The maximum atomic E-state index is 12.1. The van der Waals surface area contributed by atoms with E-state index in [1.165, 1.54) is 32.1 Å². The first-order valence-electron chi connectivity index (χ1n) is 8.42. The van der Waals surface area contributed by atoms with Crippen molar-refractivity contribution in [2.75, 3.05) is 13.1 Å². The van der Waals surface area contributed by atoms with Crippen LogP contribution in [0.25, 0.3) is 10.9 Å². The molecule has 1 saturated carbocycles. The summed E-state index contributed by atoms with van der Waals surface area (Å²) in [7, 11) is 0. The average molecular weight is 299 g/mol. The lowest BCUT2D eigenvalue weighted by Crippen LogP contribution is -2.34. The summed E-state index contributed by atoms with van der Waals surface area (Å²) in [5.74, 6) is -0.0196. The van der Waals surface area contributed by atoms with Crippen LogP contribution >= 0.6 is 0 Å². The van der Waals surface area contributed by atoms with Gasteiger partial charge in [-0.2, -0.15) is 0 Å². The van der Waals surface area contributed by atoms with Crippen LogP contribution in [-0.4, -0.2) is 30.0 Å². The van der Waals surface area contributed by atoms with Crippen LogP contribution in [0.4, 0.5) is 0 Å². The van der Waals surface area contributed by atoms with Gasteiger partial charge < -0.3 is 15.6 Å². The zero-order valence-corrected chi connectivity index (χ0v) is 13.0. The van der Waals surface area contributed by atoms with Gasteiger partial charge in [-0.15, -0.1) is 0 Å². The van der Waals surface area contributed by atoms with Gasteiger partial charge in [0.2, 0.25) is 0 Å². The van der Waals surface area contributed by atoms with E-state index in [1.807, 2.05) is 30.3 Å². The fraction of sp³-hybridized carbons (Fsp3) is 0.500. The van der Waals surface area contributed by atoms with Gasteiger partial charge in [0.25, 0.3) is 5.91 Å². The molecule has 0 bridgehead atoms. The van der Waals surface area contributed by atoms with Gasteiger partial charge in [-0.05, 0) is 37.9 Å². The van der Waals surface area contributed by atoms with Gasteiger partial charge in [0, 0.05) is 23.5 Å². The summed E-state index contributed by atoms with van der Waals surface area (Å²) in [5, 5.41) is 7.66. The summed E-state index contributed by atoms with van der Waals surface area (Å²) in [6.07, 6.45) is 7.69. The molecule has 4 nitrogen and oxygen atoms in total. The minimum absolute atomic E-state index is 0.0196. The van der Waals surface area contributed by atoms with E-state index in [-0.39, 0.29) is 5.91 Å². The molecule has 0 radical (unpaired) electrons. The SMILES string of the molecule is O=C(NCCCNC1CCCCC1)c1cc2ccccc2[nH]1. The third-order valence-electron chi connectivity index (χ3n) is 4.45. The molecule has 0 unspecified atom stereocenters. The molecule has 1 aromatic heterocycles. The molecule has 3 rings (SSSR count). The fourth-order valence-corrected chi connectivity index (χ4v) is 3.19. The molecule has 0 spiro atoms. The van der Waals surface area contributed by atoms with Crippen molar-refractivity contribution in [3.63, 3.8) is 0 Å². The Balaban J connectivity index is 1.38. The van der Waals surface area contributed by atoms with Gasteiger partial charge in [-0.25, -0.2) is 0 Å². The number of hydrogen-bond donors (Lipinski definition) is 3. The summed E-state index contributed by atoms with van der Waals surface area (Å²) in [5.41, 5.74) is 1.65. The van der Waals surface area contributed by atoms with E-state index in [0.29, 0.717) is 18.3 Å². The number of aromatic amines is 1. The number of carbonyl (C=O) groups excluding carboxylic acids is 1. The first-order valence-corrected chi connectivity index (χ1v) is 8.42. The van der Waals surface area contributed by atoms with Crippen LogP contribution in [0.15, 0.2) is 30.3 Å². The van der Waals surface area contributed by atoms with E-state index >= 15 is 0 Å². The number of para-hydroxylation sites is 1. The van der Waals surface area contributed by atoms with Crippen molar-refractivity contribution >= 4 is 16.8 Å². The maximum absolute atomic E-state index is 12.1. The monoisotopic (exact) mass is 299 g/mol. The van der Waals surface area contributed by atoms with Crippen molar-refractivity contribution < 1.29 is 4.79 Å². The standard InChI is InChI=1S/C18H25N3O/c22-18(17-13-14-7-4-5-10-16(14)21-17)20-12-6-11-19-15-8-2-1-3-9-15/h4-5,7,10,13,15,19,21H,1-3,6,8-9,11-12H2,(H,20,22). The third-order valence-corrected chi connectivity index (χ3v) is 4.45. The number of fused-ring (bicyclic) bond motifs is 1. The van der Waals surface area contributed by atoms with Crippen molar-refractivity contribution in [3.05, 3.63) is 36.0 Å². The molecule has 4 heteroatoms. The summed E-state index contributed by atoms with van der Waals surface area (Å²) in [4.78, 5) is 15.3. The number of hydrogen-bond acceptors (Lipinski definition) is 2. The van der Waals surface area contributed by atoms with Crippen LogP contribution < -0.4 is 10.6 Å². The number of aromatic nitrogens is 1. The lowest BCUT2D eigenvalue weighted by Gasteiger charge is -2.22. The molecule has 1 aromatic carbocycles. The Morgan fingerprint density at radius 2 is 1.95 bits per heavy atom. The van der Waals surface area contributed by atoms with Gasteiger partial charge in [0.05, 0.1) is 0 Å². The number of amides is 1. The minimum atomic E-state index is -0.0196. The second-order valence-electron chi connectivity index (χ2n) is 6.17. The first-order chi connectivity index (χ1) is 10.8. The highest BCUT2D eigenvalue weighted by Gasteiger charge is 2.12. The molecule has 22 heavy (non-hydrogen) atoms. The Labute approximate surface area is 131 Å². The number of benzene rings is 1. The van der Waals surface area contributed by atoms with E-state index in [2.05, 4.69) is 15.6 Å². The second-order valence-corrected chi connectivity index (χ2v) is 6.17. The Bertz CT molecular complexity index is 581. The predicted molar refractivity (Wildman–Crippen MR) is 90.1 cm³/mol. The number of rotatable bonds is 6. The maximum Gasteiger partial charge on any atom is 0.267 e. The lowest BCUT2D eigenvalue weighted by atomic mass is 9.95. The Morgan fingerprint density at radius 1 is 1.14 bits per heavy atom. The zero-order chi connectivity index (χ0) is 15.2. The summed E-state index contributed by atoms with van der Waals surface area (Å²) >= 11 is 0. The topological polar surface area (TPSA) is 56.9 Å². The van der Waals surface area contributed by atoms with E-state index in [0.717, 1.165) is 23.9 Å². The van der Waals surface area contributed by atoms with Crippen molar-refractivity contribution in [2.24, 2.45) is 0 Å². The van der Waals surface area contributed by atoms with Crippen LogP contribution in [0.1, 0.15) is 49.0 Å². The summed E-state index contributed by atoms with van der Waals surface area (Å²) < 4.78 is 0. The molecule has 118 valence electrons. The molecule has 0 atom stereocenters. The summed E-state index contributed by atoms with van der Waals surface area (Å²) in [6.45, 7) is 1.70. The average Bonchev–Trinajstić information content (AvgIpc) is 2.99. The fourth-order valence-electron chi connectivity index (χ4n) is 3.19. The molecule has 1 fully saturated rings.